The van der Waals surface area contributed by atoms with Crippen LogP contribution in [0.4, 0.5) is 44.1 Å². The van der Waals surface area contributed by atoms with Gasteiger partial charge in [-0.25, -0.2) is 19.2 Å². The number of ether oxygens (including phenoxy) is 1. The topological polar surface area (TPSA) is 170 Å². The molecular formula is C55H55ClFN11O4. The predicted molar refractivity (Wildman–Crippen MR) is 285 cm³/mol. The highest BCUT2D eigenvalue weighted by Crippen LogP contribution is 2.28. The first-order valence-electron chi connectivity index (χ1n) is 23.5. The van der Waals surface area contributed by atoms with E-state index in [-0.39, 0.29) is 23.7 Å². The van der Waals surface area contributed by atoms with Gasteiger partial charge < -0.3 is 40.7 Å². The summed E-state index contributed by atoms with van der Waals surface area (Å²) in [5.41, 5.74) is 8.39. The molecule has 0 aliphatic carbocycles. The molecular weight excluding hydrogens is 933 g/mol. The van der Waals surface area contributed by atoms with E-state index in [1.807, 2.05) is 92.6 Å². The average Bonchev–Trinajstić information content (AvgIpc) is 3.38. The summed E-state index contributed by atoms with van der Waals surface area (Å²) in [4.78, 5) is 61.6. The number of rotatable bonds is 13. The summed E-state index contributed by atoms with van der Waals surface area (Å²) >= 11 is 5.88. The predicted octanol–water partition coefficient (Wildman–Crippen LogP) is 10.7. The van der Waals surface area contributed by atoms with Crippen LogP contribution < -0.4 is 31.1 Å². The lowest BCUT2D eigenvalue weighted by atomic mass is 10.1. The molecule has 0 unspecified atom stereocenters. The van der Waals surface area contributed by atoms with Crippen molar-refractivity contribution in [3.63, 3.8) is 0 Å². The number of hydrogen-bond donors (Lipinski definition) is 4. The van der Waals surface area contributed by atoms with Gasteiger partial charge in [0.15, 0.2) is 0 Å². The molecule has 0 atom stereocenters. The lowest BCUT2D eigenvalue weighted by Crippen LogP contribution is -2.49. The van der Waals surface area contributed by atoms with Gasteiger partial charge >= 0.3 is 6.09 Å². The van der Waals surface area contributed by atoms with Gasteiger partial charge in [0.25, 0.3) is 11.8 Å². The molecule has 15 nitrogen and oxygen atoms in total. The van der Waals surface area contributed by atoms with Crippen LogP contribution in [0, 0.1) is 19.7 Å². The van der Waals surface area contributed by atoms with Crippen LogP contribution in [-0.2, 0) is 17.8 Å². The summed E-state index contributed by atoms with van der Waals surface area (Å²) in [6.07, 6.45) is -0.291. The molecule has 1 aliphatic rings. The molecule has 6 aromatic carbocycles. The summed E-state index contributed by atoms with van der Waals surface area (Å²) < 4.78 is 18.3. The zero-order valence-corrected chi connectivity index (χ0v) is 41.4. The number of carbonyl (C=O) groups is 3. The van der Waals surface area contributed by atoms with E-state index in [0.717, 1.165) is 61.4 Å². The van der Waals surface area contributed by atoms with Gasteiger partial charge in [0.2, 0.25) is 11.9 Å². The molecule has 368 valence electrons. The van der Waals surface area contributed by atoms with Gasteiger partial charge in [0.1, 0.15) is 17.5 Å². The number of nitrogens with one attached hydrogen (secondary N) is 4. The molecule has 3 amide bonds. The highest BCUT2D eigenvalue weighted by Gasteiger charge is 2.24. The molecule has 0 bridgehead atoms. The summed E-state index contributed by atoms with van der Waals surface area (Å²) in [6.45, 7) is 9.67. The van der Waals surface area contributed by atoms with E-state index in [4.69, 9.17) is 31.3 Å². The van der Waals surface area contributed by atoms with Crippen LogP contribution in [0.2, 0.25) is 5.02 Å². The number of benzene rings is 6. The van der Waals surface area contributed by atoms with Crippen molar-refractivity contribution in [2.45, 2.75) is 33.9 Å². The molecule has 0 spiro atoms. The van der Waals surface area contributed by atoms with Crippen LogP contribution >= 0.6 is 11.6 Å². The first kappa shape index (κ1) is 50.0. The van der Waals surface area contributed by atoms with Crippen molar-refractivity contribution in [1.29, 1.82) is 0 Å². The minimum Gasteiger partial charge on any atom is -0.450 e. The second-order valence-electron chi connectivity index (χ2n) is 17.4. The Kier molecular flexibility index (Phi) is 16.0. The number of amides is 3. The third-order valence-corrected chi connectivity index (χ3v) is 12.0. The summed E-state index contributed by atoms with van der Waals surface area (Å²) in [6, 6.07) is 39.7. The van der Waals surface area contributed by atoms with Crippen molar-refractivity contribution >= 4 is 86.2 Å². The molecule has 1 saturated heterocycles. The standard InChI is InChI=1S/C30H31FN6O3.C25H24ClN5O/c1-3-40-30(39)37-16-14-36(15-17-37)29-34-26-13-4-20(2)18-25(26)27(35-29)32-19-21-5-11-24(12-6-21)33-28(38)22-7-9-23(31)10-8-22;1-16-4-13-22-21(14-16)23(30-25(29-22)31(2)3)27-15-17-5-11-20(12-6-17)28-24(32)18-7-9-19(26)10-8-18/h4-13,18H,3,14-17,19H2,1-2H3,(H,33,38)(H,32,34,35);4-14H,15H2,1-3H3,(H,28,32)(H,27,29,30). The molecule has 0 saturated carbocycles. The van der Waals surface area contributed by atoms with Crippen molar-refractivity contribution in [2.24, 2.45) is 0 Å². The van der Waals surface area contributed by atoms with Crippen LogP contribution in [0.15, 0.2) is 133 Å². The molecule has 72 heavy (non-hydrogen) atoms. The Labute approximate surface area is 422 Å². The number of hydrogen-bond acceptors (Lipinski definition) is 12. The van der Waals surface area contributed by atoms with Gasteiger partial charge in [0.05, 0.1) is 17.6 Å². The van der Waals surface area contributed by atoms with Gasteiger partial charge in [-0.3, -0.25) is 9.59 Å². The van der Waals surface area contributed by atoms with E-state index in [9.17, 15) is 18.8 Å². The molecule has 4 N–H and O–H groups in total. The third-order valence-electron chi connectivity index (χ3n) is 11.7. The van der Waals surface area contributed by atoms with E-state index in [0.29, 0.717) is 79.6 Å². The fourth-order valence-corrected chi connectivity index (χ4v) is 7.89. The van der Waals surface area contributed by atoms with Crippen molar-refractivity contribution in [3.8, 4) is 0 Å². The largest absolute Gasteiger partial charge is 0.450 e. The molecule has 3 heterocycles. The lowest BCUT2D eigenvalue weighted by Gasteiger charge is -2.34. The van der Waals surface area contributed by atoms with E-state index in [1.165, 1.54) is 24.3 Å². The zero-order chi connectivity index (χ0) is 50.7. The number of anilines is 6. The van der Waals surface area contributed by atoms with Crippen molar-refractivity contribution < 1.29 is 23.5 Å². The number of halogens is 2. The molecule has 8 aromatic rings. The Morgan fingerprint density at radius 1 is 0.625 bits per heavy atom. The quantitative estimate of drug-likeness (QED) is 0.0864. The highest BCUT2D eigenvalue weighted by molar-refractivity contribution is 6.30. The second kappa shape index (κ2) is 23.0. The van der Waals surface area contributed by atoms with Gasteiger partial charge in [-0.1, -0.05) is 59.1 Å². The number of aryl methyl sites for hydroxylation is 2. The minimum absolute atomic E-state index is 0.174. The van der Waals surface area contributed by atoms with Crippen LogP contribution in [0.25, 0.3) is 21.8 Å². The number of nitrogens with zero attached hydrogens (tertiary/aromatic N) is 7. The SMILES string of the molecule is CCOC(=O)N1CCN(c2nc(NCc3ccc(NC(=O)c4ccc(F)cc4)cc3)c3cc(C)ccc3n2)CC1.Cc1ccc2nc(N(C)C)nc(NCc3ccc(NC(=O)c4ccc(Cl)cc4)cc3)c2c1. The molecule has 1 fully saturated rings. The molecule has 17 heteroatoms. The summed E-state index contributed by atoms with van der Waals surface area (Å²) in [7, 11) is 3.85. The third kappa shape index (κ3) is 12.9. The number of aromatic nitrogens is 4. The van der Waals surface area contributed by atoms with Gasteiger partial charge in [0, 0.05) is 91.7 Å². The van der Waals surface area contributed by atoms with Crippen LogP contribution in [-0.4, -0.2) is 89.6 Å². The zero-order valence-electron chi connectivity index (χ0n) is 40.7. The van der Waals surface area contributed by atoms with E-state index >= 15 is 0 Å². The Hall–Kier alpha value is -8.37. The Morgan fingerprint density at radius 2 is 1.11 bits per heavy atom. The molecule has 9 rings (SSSR count). The van der Waals surface area contributed by atoms with E-state index < -0.39 is 0 Å². The van der Waals surface area contributed by atoms with Crippen molar-refractivity contribution in [3.05, 3.63) is 178 Å². The van der Waals surface area contributed by atoms with Crippen LogP contribution in [0.1, 0.15) is 49.9 Å². The summed E-state index contributed by atoms with van der Waals surface area (Å²) in [5, 5.41) is 15.1. The maximum absolute atomic E-state index is 13.1. The fraction of sp³-hybridized carbons (Fsp3) is 0.218. The average molecular weight is 989 g/mol. The molecule has 1 aliphatic heterocycles. The van der Waals surface area contributed by atoms with E-state index in [1.54, 1.807) is 36.1 Å². The van der Waals surface area contributed by atoms with Gasteiger partial charge in [-0.2, -0.15) is 9.97 Å². The van der Waals surface area contributed by atoms with Crippen molar-refractivity contribution in [1.82, 2.24) is 24.8 Å². The fourth-order valence-electron chi connectivity index (χ4n) is 7.77. The Morgan fingerprint density at radius 3 is 1.61 bits per heavy atom. The molecule has 2 aromatic heterocycles. The normalized spacial score (nSPS) is 12.2. The number of piperazine rings is 1. The monoisotopic (exact) mass is 987 g/mol. The number of carbonyl (C=O) groups excluding carboxylic acids is 3. The first-order valence-corrected chi connectivity index (χ1v) is 23.9. The van der Waals surface area contributed by atoms with Gasteiger partial charge in [-0.05, 0) is 129 Å². The van der Waals surface area contributed by atoms with E-state index in [2.05, 4.69) is 56.3 Å². The lowest BCUT2D eigenvalue weighted by molar-refractivity contribution is 0.101. The first-order chi connectivity index (χ1) is 34.8. The van der Waals surface area contributed by atoms with Gasteiger partial charge in [-0.15, -0.1) is 0 Å². The smallest absolute Gasteiger partial charge is 0.409 e. The maximum atomic E-state index is 13.1. The summed E-state index contributed by atoms with van der Waals surface area (Å²) in [5.74, 6) is 1.93. The molecule has 0 radical (unpaired) electrons. The Balaban J connectivity index is 0.000000197. The Bertz CT molecular complexity index is 3190. The second-order valence-corrected chi connectivity index (χ2v) is 17.8. The number of fused-ring (bicyclic) bond motifs is 2. The highest BCUT2D eigenvalue weighted by atomic mass is 35.5. The van der Waals surface area contributed by atoms with Crippen LogP contribution in [0.5, 0.6) is 0 Å². The van der Waals surface area contributed by atoms with Crippen molar-refractivity contribution in [2.75, 3.05) is 77.9 Å². The maximum Gasteiger partial charge on any atom is 0.409 e. The minimum atomic E-state index is -0.385. The van der Waals surface area contributed by atoms with Crippen LogP contribution in [0.3, 0.4) is 0 Å².